The van der Waals surface area contributed by atoms with Crippen LogP contribution in [0.25, 0.3) is 0 Å². The van der Waals surface area contributed by atoms with Gasteiger partial charge in [0.2, 0.25) is 0 Å². The predicted molar refractivity (Wildman–Crippen MR) is 105 cm³/mol. The van der Waals surface area contributed by atoms with E-state index in [4.69, 9.17) is 9.47 Å². The predicted octanol–water partition coefficient (Wildman–Crippen LogP) is 4.21. The molecule has 0 radical (unpaired) electrons. The number of halogens is 1. The second kappa shape index (κ2) is 8.94. The third kappa shape index (κ3) is 4.91. The number of nitrogens with one attached hydrogen (secondary N) is 2. The molecule has 2 aromatic rings. The summed E-state index contributed by atoms with van der Waals surface area (Å²) in [4.78, 5) is 12.2. The highest BCUT2D eigenvalue weighted by molar-refractivity contribution is 9.10. The summed E-state index contributed by atoms with van der Waals surface area (Å²) in [5.41, 5.74) is 2.21. The summed E-state index contributed by atoms with van der Waals surface area (Å²) in [5, 5.41) is 5.99. The second-order valence-corrected chi connectivity index (χ2v) is 7.14. The van der Waals surface area contributed by atoms with Gasteiger partial charge in [-0.3, -0.25) is 0 Å². The fraction of sp³-hybridized carbons (Fsp3) is 0.350. The molecule has 0 fully saturated rings. The minimum Gasteiger partial charge on any atom is -0.497 e. The number of carbonyl (C=O) groups excluding carboxylic acids is 1. The van der Waals surface area contributed by atoms with Gasteiger partial charge in [-0.15, -0.1) is 0 Å². The molecule has 6 heteroatoms. The number of rotatable bonds is 6. The Hall–Kier alpha value is -2.21. The monoisotopic (exact) mass is 418 g/mol. The number of hydrogen-bond donors (Lipinski definition) is 2. The Bertz CT molecular complexity index is 766. The lowest BCUT2D eigenvalue weighted by atomic mass is 10.0. The van der Waals surface area contributed by atoms with Crippen LogP contribution in [0.2, 0.25) is 0 Å². The first-order chi connectivity index (χ1) is 12.7. The van der Waals surface area contributed by atoms with E-state index in [-0.39, 0.29) is 12.1 Å². The lowest BCUT2D eigenvalue weighted by Gasteiger charge is -2.27. The van der Waals surface area contributed by atoms with Crippen molar-refractivity contribution in [3.05, 3.63) is 58.1 Å². The number of urea groups is 1. The van der Waals surface area contributed by atoms with Crippen LogP contribution >= 0.6 is 15.9 Å². The number of aryl methyl sites for hydroxylation is 1. The maximum absolute atomic E-state index is 12.2. The van der Waals surface area contributed by atoms with Crippen LogP contribution < -0.4 is 20.1 Å². The molecule has 0 aliphatic carbocycles. The van der Waals surface area contributed by atoms with Gasteiger partial charge in [0, 0.05) is 23.0 Å². The number of fused-ring (bicyclic) bond motifs is 1. The Labute approximate surface area is 162 Å². The molecule has 1 heterocycles. The van der Waals surface area contributed by atoms with Crippen molar-refractivity contribution >= 4 is 22.0 Å². The van der Waals surface area contributed by atoms with E-state index in [1.807, 2.05) is 36.4 Å². The summed E-state index contributed by atoms with van der Waals surface area (Å²) in [7, 11) is 1.66. The van der Waals surface area contributed by atoms with Gasteiger partial charge in [-0.25, -0.2) is 4.79 Å². The van der Waals surface area contributed by atoms with Gasteiger partial charge >= 0.3 is 6.03 Å². The van der Waals surface area contributed by atoms with E-state index in [1.165, 1.54) is 5.56 Å². The van der Waals surface area contributed by atoms with E-state index in [1.54, 1.807) is 7.11 Å². The first-order valence-corrected chi connectivity index (χ1v) is 9.54. The van der Waals surface area contributed by atoms with Crippen LogP contribution in [0, 0.1) is 0 Å². The molecule has 3 rings (SSSR count). The minimum absolute atomic E-state index is 0.0327. The van der Waals surface area contributed by atoms with E-state index < -0.39 is 0 Å². The number of methoxy groups -OCH3 is 1. The molecule has 2 amide bonds. The largest absolute Gasteiger partial charge is 0.497 e. The molecule has 26 heavy (non-hydrogen) atoms. The zero-order valence-electron chi connectivity index (χ0n) is 14.8. The van der Waals surface area contributed by atoms with E-state index in [0.29, 0.717) is 13.2 Å². The normalized spacial score (nSPS) is 15.5. The maximum Gasteiger partial charge on any atom is 0.315 e. The average molecular weight is 419 g/mol. The molecule has 1 atom stereocenters. The zero-order chi connectivity index (χ0) is 18.4. The number of ether oxygens (including phenoxy) is 2. The fourth-order valence-electron chi connectivity index (χ4n) is 3.05. The minimum atomic E-state index is -0.145. The Morgan fingerprint density at radius 1 is 1.31 bits per heavy atom. The van der Waals surface area contributed by atoms with E-state index in [9.17, 15) is 4.79 Å². The summed E-state index contributed by atoms with van der Waals surface area (Å²) in [5.74, 6) is 1.69. The summed E-state index contributed by atoms with van der Waals surface area (Å²) in [6.07, 6.45) is 2.53. The standard InChI is InChI=1S/C20H23BrN2O3/c1-25-16-6-2-4-14(12-16)5-3-10-22-20(24)23-18-9-11-26-19-8-7-15(21)13-17(18)19/h2,4,6-8,12-13,18H,3,5,9-11H2,1H3,(H2,22,23,24). The second-order valence-electron chi connectivity index (χ2n) is 6.23. The van der Waals surface area contributed by atoms with Crippen molar-refractivity contribution in [2.75, 3.05) is 20.3 Å². The first-order valence-electron chi connectivity index (χ1n) is 8.75. The highest BCUT2D eigenvalue weighted by Gasteiger charge is 2.23. The third-order valence-corrected chi connectivity index (χ3v) is 4.87. The summed E-state index contributed by atoms with van der Waals surface area (Å²) in [6, 6.07) is 13.7. The van der Waals surface area contributed by atoms with Crippen LogP contribution in [0.1, 0.15) is 30.0 Å². The molecule has 1 aliphatic heterocycles. The smallest absolute Gasteiger partial charge is 0.315 e. The molecule has 5 nitrogen and oxygen atoms in total. The van der Waals surface area contributed by atoms with E-state index in [2.05, 4.69) is 32.6 Å². The van der Waals surface area contributed by atoms with Gasteiger partial charge in [0.05, 0.1) is 19.8 Å². The molecular weight excluding hydrogens is 396 g/mol. The van der Waals surface area contributed by atoms with Gasteiger partial charge in [-0.1, -0.05) is 28.1 Å². The van der Waals surface area contributed by atoms with Crippen molar-refractivity contribution < 1.29 is 14.3 Å². The molecule has 0 spiro atoms. The maximum atomic E-state index is 12.2. The number of amides is 2. The van der Waals surface area contributed by atoms with Gasteiger partial charge in [0.1, 0.15) is 11.5 Å². The van der Waals surface area contributed by atoms with Gasteiger partial charge in [0.25, 0.3) is 0 Å². The van der Waals surface area contributed by atoms with Crippen LogP contribution in [0.5, 0.6) is 11.5 Å². The van der Waals surface area contributed by atoms with Gasteiger partial charge in [-0.05, 0) is 48.7 Å². The topological polar surface area (TPSA) is 59.6 Å². The van der Waals surface area contributed by atoms with Crippen LogP contribution in [0.3, 0.4) is 0 Å². The summed E-state index contributed by atoms with van der Waals surface area (Å²) < 4.78 is 11.9. The SMILES string of the molecule is COc1cccc(CCCNC(=O)NC2CCOc3ccc(Br)cc32)c1. The highest BCUT2D eigenvalue weighted by Crippen LogP contribution is 2.33. The Kier molecular flexibility index (Phi) is 6.39. The molecule has 0 bridgehead atoms. The molecule has 138 valence electrons. The molecule has 2 N–H and O–H groups in total. The van der Waals surface area contributed by atoms with Crippen LogP contribution in [0.4, 0.5) is 4.79 Å². The van der Waals surface area contributed by atoms with Crippen LogP contribution in [-0.2, 0) is 6.42 Å². The quantitative estimate of drug-likeness (QED) is 0.690. The van der Waals surface area contributed by atoms with Gasteiger partial charge in [-0.2, -0.15) is 0 Å². The van der Waals surface area contributed by atoms with Crippen molar-refractivity contribution in [1.29, 1.82) is 0 Å². The number of carbonyl (C=O) groups is 1. The van der Waals surface area contributed by atoms with Crippen molar-refractivity contribution in [3.8, 4) is 11.5 Å². The summed E-state index contributed by atoms with van der Waals surface area (Å²) in [6.45, 7) is 1.23. The Morgan fingerprint density at radius 3 is 3.04 bits per heavy atom. The molecule has 0 saturated carbocycles. The molecule has 2 aromatic carbocycles. The van der Waals surface area contributed by atoms with Gasteiger partial charge < -0.3 is 20.1 Å². The lowest BCUT2D eigenvalue weighted by Crippen LogP contribution is -2.40. The van der Waals surface area contributed by atoms with Crippen molar-refractivity contribution in [3.63, 3.8) is 0 Å². The zero-order valence-corrected chi connectivity index (χ0v) is 16.3. The molecule has 1 unspecified atom stereocenters. The lowest BCUT2D eigenvalue weighted by molar-refractivity contribution is 0.223. The molecular formula is C20H23BrN2O3. The van der Waals surface area contributed by atoms with Crippen LogP contribution in [0.15, 0.2) is 46.9 Å². The van der Waals surface area contributed by atoms with E-state index in [0.717, 1.165) is 40.8 Å². The van der Waals surface area contributed by atoms with Crippen LogP contribution in [-0.4, -0.2) is 26.3 Å². The fourth-order valence-corrected chi connectivity index (χ4v) is 3.43. The van der Waals surface area contributed by atoms with Gasteiger partial charge in [0.15, 0.2) is 0 Å². The third-order valence-electron chi connectivity index (χ3n) is 4.38. The molecule has 1 aliphatic rings. The van der Waals surface area contributed by atoms with Crippen molar-refractivity contribution in [2.45, 2.75) is 25.3 Å². The number of hydrogen-bond acceptors (Lipinski definition) is 3. The number of benzene rings is 2. The summed E-state index contributed by atoms with van der Waals surface area (Å²) >= 11 is 3.47. The first kappa shape index (κ1) is 18.6. The molecule has 0 saturated heterocycles. The molecule has 0 aromatic heterocycles. The Morgan fingerprint density at radius 2 is 2.19 bits per heavy atom. The van der Waals surface area contributed by atoms with Crippen molar-refractivity contribution in [1.82, 2.24) is 10.6 Å². The van der Waals surface area contributed by atoms with Crippen molar-refractivity contribution in [2.24, 2.45) is 0 Å². The average Bonchev–Trinajstić information content (AvgIpc) is 2.66. The van der Waals surface area contributed by atoms with E-state index >= 15 is 0 Å². The Balaban J connectivity index is 1.46. The highest BCUT2D eigenvalue weighted by atomic mass is 79.9.